The van der Waals surface area contributed by atoms with Gasteiger partial charge in [0.1, 0.15) is 5.75 Å². The molecule has 0 radical (unpaired) electrons. The maximum absolute atomic E-state index is 13.5. The van der Waals surface area contributed by atoms with Gasteiger partial charge in [-0.2, -0.15) is 0 Å². The Labute approximate surface area is 176 Å². The van der Waals surface area contributed by atoms with Gasteiger partial charge in [-0.25, -0.2) is 17.4 Å². The van der Waals surface area contributed by atoms with Crippen molar-refractivity contribution < 1.29 is 17.9 Å². The number of hydrogen-bond acceptors (Lipinski definition) is 5. The van der Waals surface area contributed by atoms with Crippen molar-refractivity contribution in [3.05, 3.63) is 71.9 Å². The third-order valence-corrected chi connectivity index (χ3v) is 6.85. The highest BCUT2D eigenvalue weighted by Crippen LogP contribution is 2.38. The number of hydrogen-bond donors (Lipinski definition) is 1. The molecule has 2 aromatic heterocycles. The van der Waals surface area contributed by atoms with E-state index in [0.29, 0.717) is 33.1 Å². The number of carbonyl (C=O) groups is 1. The molecule has 1 N–H and O–H groups in total. The van der Waals surface area contributed by atoms with Crippen molar-refractivity contribution in [3.8, 4) is 17.0 Å². The zero-order valence-electron chi connectivity index (χ0n) is 15.4. The zero-order chi connectivity index (χ0) is 20.9. The van der Waals surface area contributed by atoms with E-state index in [0.717, 1.165) is 0 Å². The zero-order valence-corrected chi connectivity index (χ0v) is 16.9. The fourth-order valence-corrected chi connectivity index (χ4v) is 5.12. The number of carbonyl (C=O) groups excluding carboxylic acids is 1. The first kappa shape index (κ1) is 18.7. The Morgan fingerprint density at radius 3 is 2.67 bits per heavy atom. The Hall–Kier alpha value is -3.36. The second-order valence-electron chi connectivity index (χ2n) is 6.69. The van der Waals surface area contributed by atoms with E-state index < -0.39 is 10.0 Å². The summed E-state index contributed by atoms with van der Waals surface area (Å²) < 4.78 is 33.8. The molecule has 0 atom stereocenters. The van der Waals surface area contributed by atoms with Gasteiger partial charge in [-0.15, -0.1) is 0 Å². The van der Waals surface area contributed by atoms with Crippen LogP contribution in [0.5, 0.6) is 5.75 Å². The first-order valence-corrected chi connectivity index (χ1v) is 10.8. The summed E-state index contributed by atoms with van der Waals surface area (Å²) in [6.45, 7) is -0.102. The molecule has 1 aliphatic heterocycles. The molecule has 1 aliphatic rings. The number of anilines is 1. The molecule has 9 heteroatoms. The van der Waals surface area contributed by atoms with Crippen LogP contribution in [0.3, 0.4) is 0 Å². The number of rotatable bonds is 3. The Morgan fingerprint density at radius 1 is 1.07 bits per heavy atom. The van der Waals surface area contributed by atoms with E-state index >= 15 is 0 Å². The standard InChI is InChI=1S/C21H14ClN3O4S/c22-16-8-9-23-21-15(16)11-18(25(21)30(27,28)14-4-2-1-3-5-14)13-6-7-17-19(10-13)29-12-20(26)24-17/h1-11H,12H2,(H,24,26). The van der Waals surface area contributed by atoms with E-state index in [4.69, 9.17) is 16.3 Å². The van der Waals surface area contributed by atoms with Crippen LogP contribution >= 0.6 is 11.6 Å². The van der Waals surface area contributed by atoms with Crippen LogP contribution in [0, 0.1) is 0 Å². The summed E-state index contributed by atoms with van der Waals surface area (Å²) in [4.78, 5) is 16.0. The third-order valence-electron chi connectivity index (χ3n) is 4.80. The molecule has 3 heterocycles. The van der Waals surface area contributed by atoms with E-state index in [9.17, 15) is 13.2 Å². The molecule has 0 saturated heterocycles. The highest BCUT2D eigenvalue weighted by molar-refractivity contribution is 7.90. The third kappa shape index (κ3) is 2.92. The monoisotopic (exact) mass is 439 g/mol. The molecule has 2 aromatic carbocycles. The van der Waals surface area contributed by atoms with Gasteiger partial charge in [0, 0.05) is 17.1 Å². The van der Waals surface area contributed by atoms with Crippen LogP contribution < -0.4 is 10.1 Å². The largest absolute Gasteiger partial charge is 0.482 e. The molecule has 4 aromatic rings. The first-order chi connectivity index (χ1) is 14.4. The lowest BCUT2D eigenvalue weighted by atomic mass is 10.1. The number of fused-ring (bicyclic) bond motifs is 2. The molecule has 150 valence electrons. The smallest absolute Gasteiger partial charge is 0.269 e. The van der Waals surface area contributed by atoms with E-state index in [2.05, 4.69) is 10.3 Å². The Kier molecular flexibility index (Phi) is 4.27. The van der Waals surface area contributed by atoms with Gasteiger partial charge in [-0.3, -0.25) is 4.79 Å². The lowest BCUT2D eigenvalue weighted by Crippen LogP contribution is -2.25. The van der Waals surface area contributed by atoms with Crippen LogP contribution in [0.4, 0.5) is 5.69 Å². The first-order valence-electron chi connectivity index (χ1n) is 8.99. The second-order valence-corrected chi connectivity index (χ2v) is 8.88. The van der Waals surface area contributed by atoms with Crippen molar-refractivity contribution in [1.82, 2.24) is 8.96 Å². The quantitative estimate of drug-likeness (QED) is 0.522. The summed E-state index contributed by atoms with van der Waals surface area (Å²) >= 11 is 6.34. The number of nitrogens with zero attached hydrogens (tertiary/aromatic N) is 2. The summed E-state index contributed by atoms with van der Waals surface area (Å²) in [6, 6.07) is 16.5. The van der Waals surface area contributed by atoms with Gasteiger partial charge in [0.2, 0.25) is 0 Å². The highest BCUT2D eigenvalue weighted by Gasteiger charge is 2.26. The second kappa shape index (κ2) is 6.86. The number of aromatic nitrogens is 2. The number of pyridine rings is 1. The summed E-state index contributed by atoms with van der Waals surface area (Å²) in [5.74, 6) is 0.215. The van der Waals surface area contributed by atoms with Crippen molar-refractivity contribution in [2.75, 3.05) is 11.9 Å². The minimum absolute atomic E-state index is 0.102. The van der Waals surface area contributed by atoms with Crippen molar-refractivity contribution in [3.63, 3.8) is 0 Å². The Balaban J connectivity index is 1.79. The number of ether oxygens (including phenoxy) is 1. The van der Waals surface area contributed by atoms with E-state index in [-0.39, 0.29) is 23.1 Å². The minimum Gasteiger partial charge on any atom is -0.482 e. The van der Waals surface area contributed by atoms with Crippen LogP contribution in [0.1, 0.15) is 0 Å². The molecule has 5 rings (SSSR count). The highest BCUT2D eigenvalue weighted by atomic mass is 35.5. The van der Waals surface area contributed by atoms with Gasteiger partial charge >= 0.3 is 0 Å². The number of nitrogens with one attached hydrogen (secondary N) is 1. The summed E-state index contributed by atoms with van der Waals surface area (Å²) in [6.07, 6.45) is 1.47. The van der Waals surface area contributed by atoms with Gasteiger partial charge in [-0.05, 0) is 36.4 Å². The van der Waals surface area contributed by atoms with Crippen molar-refractivity contribution in [2.24, 2.45) is 0 Å². The van der Waals surface area contributed by atoms with E-state index in [1.807, 2.05) is 0 Å². The maximum Gasteiger partial charge on any atom is 0.269 e. The predicted molar refractivity (Wildman–Crippen MR) is 113 cm³/mol. The lowest BCUT2D eigenvalue weighted by molar-refractivity contribution is -0.118. The molecule has 0 fully saturated rings. The molecular weight excluding hydrogens is 426 g/mol. The molecule has 0 saturated carbocycles. The molecule has 0 bridgehead atoms. The van der Waals surface area contributed by atoms with Crippen LogP contribution in [0.25, 0.3) is 22.3 Å². The van der Waals surface area contributed by atoms with Gasteiger partial charge in [0.15, 0.2) is 12.3 Å². The number of halogens is 1. The van der Waals surface area contributed by atoms with Crippen LogP contribution in [0.15, 0.2) is 71.8 Å². The fourth-order valence-electron chi connectivity index (χ4n) is 3.42. The van der Waals surface area contributed by atoms with Crippen LogP contribution in [-0.4, -0.2) is 29.9 Å². The van der Waals surface area contributed by atoms with E-state index in [1.165, 1.54) is 22.3 Å². The topological polar surface area (TPSA) is 90.3 Å². The number of benzene rings is 2. The Bertz CT molecular complexity index is 1420. The fraction of sp³-hybridized carbons (Fsp3) is 0.0476. The number of amides is 1. The molecule has 7 nitrogen and oxygen atoms in total. The minimum atomic E-state index is -3.96. The summed E-state index contributed by atoms with van der Waals surface area (Å²) in [7, 11) is -3.96. The molecule has 0 unspecified atom stereocenters. The molecule has 1 amide bonds. The molecule has 30 heavy (non-hydrogen) atoms. The summed E-state index contributed by atoms with van der Waals surface area (Å²) in [5.41, 5.74) is 1.73. The van der Waals surface area contributed by atoms with Crippen molar-refractivity contribution in [1.29, 1.82) is 0 Å². The van der Waals surface area contributed by atoms with Gasteiger partial charge < -0.3 is 10.1 Å². The molecule has 0 spiro atoms. The van der Waals surface area contributed by atoms with Crippen molar-refractivity contribution >= 4 is 44.3 Å². The van der Waals surface area contributed by atoms with Gasteiger partial charge in [0.05, 0.1) is 21.3 Å². The average Bonchev–Trinajstić information content (AvgIpc) is 3.16. The molecular formula is C21H14ClN3O4S. The van der Waals surface area contributed by atoms with Crippen LogP contribution in [-0.2, 0) is 14.8 Å². The Morgan fingerprint density at radius 2 is 1.87 bits per heavy atom. The van der Waals surface area contributed by atoms with Gasteiger partial charge in [-0.1, -0.05) is 35.9 Å². The van der Waals surface area contributed by atoms with Crippen molar-refractivity contribution in [2.45, 2.75) is 4.90 Å². The molecule has 0 aliphatic carbocycles. The van der Waals surface area contributed by atoms with Crippen LogP contribution in [0.2, 0.25) is 5.02 Å². The normalized spacial score (nSPS) is 13.6. The maximum atomic E-state index is 13.5. The SMILES string of the molecule is O=C1COc2cc(-c3cc4c(Cl)ccnc4n3S(=O)(=O)c3ccccc3)ccc2N1. The van der Waals surface area contributed by atoms with E-state index in [1.54, 1.807) is 48.5 Å². The van der Waals surface area contributed by atoms with Gasteiger partial charge in [0.25, 0.3) is 15.9 Å². The predicted octanol–water partition coefficient (Wildman–Crippen LogP) is 3.92. The average molecular weight is 440 g/mol. The lowest BCUT2D eigenvalue weighted by Gasteiger charge is -2.19. The summed E-state index contributed by atoms with van der Waals surface area (Å²) in [5, 5.41) is 3.63.